The highest BCUT2D eigenvalue weighted by Gasteiger charge is 2.47. The standard InChI is InChI=1S/C28H28N2O7/c1-17(2)15-36-27(34)18-10-12-20(13-11-18)29-24(31)16-37-28(35)19-6-5-7-21(14-19)30-25(32)22-8-3-4-9-23(22)26(30)33/h3-7,10-14,17,22-23H,8-9,15-16H2,1-2H3,(H,29,31)/t22-,23-/m1/s1. The second-order valence-electron chi connectivity index (χ2n) is 9.41. The Bertz CT molecular complexity index is 1220. The van der Waals surface area contributed by atoms with Gasteiger partial charge in [-0.3, -0.25) is 19.3 Å². The number of anilines is 2. The van der Waals surface area contributed by atoms with Crippen LogP contribution in [-0.4, -0.2) is 42.9 Å². The summed E-state index contributed by atoms with van der Waals surface area (Å²) >= 11 is 0. The van der Waals surface area contributed by atoms with Gasteiger partial charge in [0.05, 0.1) is 35.3 Å². The highest BCUT2D eigenvalue weighted by atomic mass is 16.5. The maximum Gasteiger partial charge on any atom is 0.338 e. The fraction of sp³-hybridized carbons (Fsp3) is 0.321. The molecule has 4 rings (SSSR count). The van der Waals surface area contributed by atoms with Crippen LogP contribution in [0.15, 0.2) is 60.7 Å². The monoisotopic (exact) mass is 504 g/mol. The second kappa shape index (κ2) is 11.2. The Morgan fingerprint density at radius 1 is 0.892 bits per heavy atom. The summed E-state index contributed by atoms with van der Waals surface area (Å²) in [6.45, 7) is 3.65. The minimum atomic E-state index is -0.765. The smallest absolute Gasteiger partial charge is 0.338 e. The van der Waals surface area contributed by atoms with E-state index in [0.29, 0.717) is 36.4 Å². The molecule has 3 amide bonds. The minimum Gasteiger partial charge on any atom is -0.462 e. The van der Waals surface area contributed by atoms with Gasteiger partial charge in [-0.25, -0.2) is 9.59 Å². The van der Waals surface area contributed by atoms with Crippen LogP contribution >= 0.6 is 0 Å². The van der Waals surface area contributed by atoms with Gasteiger partial charge in [0, 0.05) is 5.69 Å². The molecule has 1 heterocycles. The zero-order valence-corrected chi connectivity index (χ0v) is 20.6. The Morgan fingerprint density at radius 2 is 1.51 bits per heavy atom. The number of amides is 3. The van der Waals surface area contributed by atoms with Crippen LogP contribution in [-0.2, 0) is 23.9 Å². The Labute approximate surface area is 214 Å². The first-order chi connectivity index (χ1) is 17.7. The van der Waals surface area contributed by atoms with Crippen molar-refractivity contribution < 1.29 is 33.4 Å². The highest BCUT2D eigenvalue weighted by molar-refractivity contribution is 6.22. The van der Waals surface area contributed by atoms with Crippen molar-refractivity contribution >= 4 is 41.0 Å². The molecule has 1 aliphatic carbocycles. The lowest BCUT2D eigenvalue weighted by Gasteiger charge is -2.15. The summed E-state index contributed by atoms with van der Waals surface area (Å²) < 4.78 is 10.3. The Kier molecular flexibility index (Phi) is 7.81. The lowest BCUT2D eigenvalue weighted by Crippen LogP contribution is -2.31. The van der Waals surface area contributed by atoms with Crippen molar-refractivity contribution in [2.75, 3.05) is 23.4 Å². The molecule has 1 aliphatic heterocycles. The van der Waals surface area contributed by atoms with Gasteiger partial charge in [0.25, 0.3) is 5.91 Å². The summed E-state index contributed by atoms with van der Waals surface area (Å²) in [6.07, 6.45) is 4.86. The molecule has 1 fully saturated rings. The number of imide groups is 1. The first-order valence-electron chi connectivity index (χ1n) is 12.1. The van der Waals surface area contributed by atoms with E-state index in [9.17, 15) is 24.0 Å². The molecule has 2 aliphatic rings. The normalized spacial score (nSPS) is 18.5. The Balaban J connectivity index is 1.32. The number of fused-ring (bicyclic) bond motifs is 1. The summed E-state index contributed by atoms with van der Waals surface area (Å²) in [5.74, 6) is -2.87. The number of allylic oxidation sites excluding steroid dienone is 2. The maximum absolute atomic E-state index is 12.8. The molecule has 1 N–H and O–H groups in total. The van der Waals surface area contributed by atoms with Crippen LogP contribution in [0.3, 0.4) is 0 Å². The molecule has 0 bridgehead atoms. The van der Waals surface area contributed by atoms with E-state index in [-0.39, 0.29) is 35.1 Å². The minimum absolute atomic E-state index is 0.114. The van der Waals surface area contributed by atoms with E-state index in [4.69, 9.17) is 9.47 Å². The van der Waals surface area contributed by atoms with Crippen molar-refractivity contribution in [3.05, 3.63) is 71.8 Å². The van der Waals surface area contributed by atoms with Crippen molar-refractivity contribution in [1.82, 2.24) is 0 Å². The van der Waals surface area contributed by atoms with E-state index in [0.717, 1.165) is 4.90 Å². The third-order valence-electron chi connectivity index (χ3n) is 6.13. The fourth-order valence-corrected chi connectivity index (χ4v) is 4.25. The largest absolute Gasteiger partial charge is 0.462 e. The van der Waals surface area contributed by atoms with E-state index >= 15 is 0 Å². The van der Waals surface area contributed by atoms with Gasteiger partial charge in [-0.2, -0.15) is 0 Å². The molecule has 2 atom stereocenters. The third kappa shape index (κ3) is 5.94. The maximum atomic E-state index is 12.8. The number of esters is 2. The summed E-state index contributed by atoms with van der Waals surface area (Å²) in [5, 5.41) is 2.59. The number of benzene rings is 2. The molecule has 0 aromatic heterocycles. The summed E-state index contributed by atoms with van der Waals surface area (Å²) in [6, 6.07) is 12.2. The summed E-state index contributed by atoms with van der Waals surface area (Å²) in [5.41, 5.74) is 1.19. The number of nitrogens with zero attached hydrogens (tertiary/aromatic N) is 1. The predicted octanol–water partition coefficient (Wildman–Crippen LogP) is 3.75. The second-order valence-corrected chi connectivity index (χ2v) is 9.41. The lowest BCUT2D eigenvalue weighted by molar-refractivity contribution is -0.122. The van der Waals surface area contributed by atoms with Gasteiger partial charge in [-0.15, -0.1) is 0 Å². The third-order valence-corrected chi connectivity index (χ3v) is 6.13. The van der Waals surface area contributed by atoms with Gasteiger partial charge >= 0.3 is 11.9 Å². The molecule has 2 aromatic rings. The quantitative estimate of drug-likeness (QED) is 0.330. The van der Waals surface area contributed by atoms with Crippen LogP contribution in [0.1, 0.15) is 47.4 Å². The van der Waals surface area contributed by atoms with Crippen LogP contribution in [0.25, 0.3) is 0 Å². The van der Waals surface area contributed by atoms with Crippen molar-refractivity contribution in [2.45, 2.75) is 26.7 Å². The van der Waals surface area contributed by atoms with Gasteiger partial charge in [0.2, 0.25) is 11.8 Å². The fourth-order valence-electron chi connectivity index (χ4n) is 4.25. The topological polar surface area (TPSA) is 119 Å². The van der Waals surface area contributed by atoms with E-state index < -0.39 is 24.5 Å². The highest BCUT2D eigenvalue weighted by Crippen LogP contribution is 2.37. The number of ether oxygens (including phenoxy) is 2. The van der Waals surface area contributed by atoms with Crippen molar-refractivity contribution in [3.8, 4) is 0 Å². The molecule has 37 heavy (non-hydrogen) atoms. The predicted molar refractivity (Wildman–Crippen MR) is 135 cm³/mol. The van der Waals surface area contributed by atoms with Crippen LogP contribution < -0.4 is 10.2 Å². The van der Waals surface area contributed by atoms with Crippen molar-refractivity contribution in [2.24, 2.45) is 17.8 Å². The zero-order valence-electron chi connectivity index (χ0n) is 20.6. The molecule has 2 aromatic carbocycles. The van der Waals surface area contributed by atoms with E-state index in [1.54, 1.807) is 24.3 Å². The Hall–Kier alpha value is -4.27. The van der Waals surface area contributed by atoms with Crippen LogP contribution in [0.4, 0.5) is 11.4 Å². The molecule has 0 spiro atoms. The molecule has 9 heteroatoms. The zero-order chi connectivity index (χ0) is 26.5. The van der Waals surface area contributed by atoms with Crippen LogP contribution in [0, 0.1) is 17.8 Å². The lowest BCUT2D eigenvalue weighted by atomic mass is 9.85. The van der Waals surface area contributed by atoms with Crippen LogP contribution in [0.2, 0.25) is 0 Å². The number of hydrogen-bond donors (Lipinski definition) is 1. The molecule has 192 valence electrons. The molecule has 0 radical (unpaired) electrons. The van der Waals surface area contributed by atoms with E-state index in [2.05, 4.69) is 5.32 Å². The first kappa shape index (κ1) is 25.8. The number of hydrogen-bond acceptors (Lipinski definition) is 7. The Morgan fingerprint density at radius 3 is 2.14 bits per heavy atom. The van der Waals surface area contributed by atoms with Gasteiger partial charge in [0.15, 0.2) is 6.61 Å². The van der Waals surface area contributed by atoms with E-state index in [1.165, 1.54) is 24.3 Å². The molecular formula is C28H28N2O7. The number of carbonyl (C=O) groups is 5. The molecule has 0 saturated carbocycles. The average molecular weight is 505 g/mol. The van der Waals surface area contributed by atoms with E-state index in [1.807, 2.05) is 26.0 Å². The summed E-state index contributed by atoms with van der Waals surface area (Å²) in [7, 11) is 0. The molecular weight excluding hydrogens is 476 g/mol. The first-order valence-corrected chi connectivity index (χ1v) is 12.1. The molecule has 1 saturated heterocycles. The van der Waals surface area contributed by atoms with Gasteiger partial charge in [-0.1, -0.05) is 32.1 Å². The molecule has 9 nitrogen and oxygen atoms in total. The summed E-state index contributed by atoms with van der Waals surface area (Å²) in [4.78, 5) is 63.6. The van der Waals surface area contributed by atoms with Crippen molar-refractivity contribution in [3.63, 3.8) is 0 Å². The molecule has 0 unspecified atom stereocenters. The van der Waals surface area contributed by atoms with Gasteiger partial charge in [-0.05, 0) is 61.2 Å². The van der Waals surface area contributed by atoms with Gasteiger partial charge in [0.1, 0.15) is 0 Å². The van der Waals surface area contributed by atoms with Crippen LogP contribution in [0.5, 0.6) is 0 Å². The SMILES string of the molecule is CC(C)COC(=O)c1ccc(NC(=O)COC(=O)c2cccc(N3C(=O)[C@@H]4CC=CC[C@H]4C3=O)c2)cc1. The number of carbonyl (C=O) groups excluding carboxylic acids is 5. The van der Waals surface area contributed by atoms with Crippen molar-refractivity contribution in [1.29, 1.82) is 0 Å². The van der Waals surface area contributed by atoms with Gasteiger partial charge < -0.3 is 14.8 Å². The number of nitrogens with one attached hydrogen (secondary N) is 1. The average Bonchev–Trinajstić information content (AvgIpc) is 3.16. The number of rotatable bonds is 8.